The molecule has 0 fully saturated rings. The molecule has 0 aliphatic rings. The molecule has 1 aromatic carbocycles. The van der Waals surface area contributed by atoms with Gasteiger partial charge in [0.2, 0.25) is 10.0 Å². The van der Waals surface area contributed by atoms with Gasteiger partial charge < -0.3 is 11.1 Å². The molecule has 0 spiro atoms. The highest BCUT2D eigenvalue weighted by atomic mass is 32.2. The molecule has 0 radical (unpaired) electrons. The highest BCUT2D eigenvalue weighted by Gasteiger charge is 2.25. The van der Waals surface area contributed by atoms with Crippen LogP contribution in [0.15, 0.2) is 35.2 Å². The van der Waals surface area contributed by atoms with Crippen molar-refractivity contribution in [2.45, 2.75) is 37.8 Å². The lowest BCUT2D eigenvalue weighted by atomic mass is 10.0. The first kappa shape index (κ1) is 18.1. The van der Waals surface area contributed by atoms with Crippen LogP contribution in [-0.4, -0.2) is 44.9 Å². The molecular weight excluding hydrogens is 286 g/mol. The highest BCUT2D eigenvalue weighted by molar-refractivity contribution is 7.89. The zero-order valence-corrected chi connectivity index (χ0v) is 14.1. The molecule has 6 heteroatoms. The van der Waals surface area contributed by atoms with E-state index in [1.165, 1.54) is 4.31 Å². The first-order valence-corrected chi connectivity index (χ1v) is 8.71. The van der Waals surface area contributed by atoms with E-state index >= 15 is 0 Å². The summed E-state index contributed by atoms with van der Waals surface area (Å²) in [6.45, 7) is 7.20. The quantitative estimate of drug-likeness (QED) is 0.758. The van der Waals surface area contributed by atoms with E-state index in [9.17, 15) is 8.42 Å². The Kier molecular flexibility index (Phi) is 6.80. The van der Waals surface area contributed by atoms with Gasteiger partial charge in [0, 0.05) is 32.2 Å². The van der Waals surface area contributed by atoms with Crippen LogP contribution >= 0.6 is 0 Å². The third-order valence-electron chi connectivity index (χ3n) is 3.78. The highest BCUT2D eigenvalue weighted by Crippen LogP contribution is 2.15. The summed E-state index contributed by atoms with van der Waals surface area (Å²) >= 11 is 0. The van der Waals surface area contributed by atoms with E-state index in [0.29, 0.717) is 23.9 Å². The molecule has 0 bridgehead atoms. The van der Waals surface area contributed by atoms with E-state index in [0.717, 1.165) is 0 Å². The summed E-state index contributed by atoms with van der Waals surface area (Å²) in [5.41, 5.74) is 5.72. The fourth-order valence-electron chi connectivity index (χ4n) is 2.04. The molecule has 0 heterocycles. The Labute approximate surface area is 128 Å². The number of sulfonamides is 1. The van der Waals surface area contributed by atoms with Gasteiger partial charge in [0.15, 0.2) is 0 Å². The average molecular weight is 313 g/mol. The van der Waals surface area contributed by atoms with Gasteiger partial charge in [-0.25, -0.2) is 8.42 Å². The largest absolute Gasteiger partial charge is 0.329 e. The molecule has 1 aromatic rings. The Balaban J connectivity index is 2.72. The second kappa shape index (κ2) is 7.89. The molecule has 0 aliphatic heterocycles. The number of hydrogen-bond acceptors (Lipinski definition) is 4. The molecule has 0 aliphatic carbocycles. The standard InChI is InChI=1S/C15H27N3O2S/c1-12(2)15(10-16)17-11-13(3)18(4)21(19,20)14-8-6-5-7-9-14/h5-9,12-13,15,17H,10-11,16H2,1-4H3/t13-,15?/m0/s1. The maximum absolute atomic E-state index is 12.5. The van der Waals surface area contributed by atoms with Crippen LogP contribution in [0, 0.1) is 5.92 Å². The number of nitrogens with one attached hydrogen (secondary N) is 1. The van der Waals surface area contributed by atoms with Crippen molar-refractivity contribution in [1.29, 1.82) is 0 Å². The lowest BCUT2D eigenvalue weighted by Crippen LogP contribution is -2.47. The molecule has 120 valence electrons. The Hall–Kier alpha value is -0.950. The van der Waals surface area contributed by atoms with Crippen molar-refractivity contribution in [1.82, 2.24) is 9.62 Å². The summed E-state index contributed by atoms with van der Waals surface area (Å²) in [5, 5.41) is 3.34. The van der Waals surface area contributed by atoms with Gasteiger partial charge in [-0.05, 0) is 25.0 Å². The van der Waals surface area contributed by atoms with Crippen LogP contribution in [0.25, 0.3) is 0 Å². The van der Waals surface area contributed by atoms with Gasteiger partial charge in [0.05, 0.1) is 4.90 Å². The lowest BCUT2D eigenvalue weighted by molar-refractivity contribution is 0.331. The van der Waals surface area contributed by atoms with Gasteiger partial charge in [0.25, 0.3) is 0 Å². The van der Waals surface area contributed by atoms with E-state index in [1.54, 1.807) is 37.4 Å². The molecule has 0 aromatic heterocycles. The van der Waals surface area contributed by atoms with Crippen molar-refractivity contribution in [3.05, 3.63) is 30.3 Å². The fourth-order valence-corrected chi connectivity index (χ4v) is 3.42. The molecule has 0 saturated carbocycles. The predicted octanol–water partition coefficient (Wildman–Crippen LogP) is 1.27. The fraction of sp³-hybridized carbons (Fsp3) is 0.600. The van der Waals surface area contributed by atoms with E-state index in [-0.39, 0.29) is 12.1 Å². The first-order chi connectivity index (χ1) is 9.80. The molecule has 21 heavy (non-hydrogen) atoms. The van der Waals surface area contributed by atoms with E-state index in [2.05, 4.69) is 19.2 Å². The SMILES string of the molecule is CC(C)C(CN)NC[C@H](C)N(C)S(=O)(=O)c1ccccc1. The third-order valence-corrected chi connectivity index (χ3v) is 5.76. The number of nitrogens with two attached hydrogens (primary N) is 1. The van der Waals surface area contributed by atoms with Crippen LogP contribution < -0.4 is 11.1 Å². The Bertz CT molecular complexity index is 517. The summed E-state index contributed by atoms with van der Waals surface area (Å²) in [6, 6.07) is 8.53. The maximum Gasteiger partial charge on any atom is 0.243 e. The predicted molar refractivity (Wildman–Crippen MR) is 86.5 cm³/mol. The van der Waals surface area contributed by atoms with Crippen LogP contribution in [0.4, 0.5) is 0 Å². The number of benzene rings is 1. The van der Waals surface area contributed by atoms with Gasteiger partial charge in [-0.15, -0.1) is 0 Å². The van der Waals surface area contributed by atoms with Crippen molar-refractivity contribution < 1.29 is 8.42 Å². The molecule has 1 unspecified atom stereocenters. The lowest BCUT2D eigenvalue weighted by Gasteiger charge is -2.28. The zero-order chi connectivity index (χ0) is 16.0. The molecule has 3 N–H and O–H groups in total. The third kappa shape index (κ3) is 4.78. The molecule has 0 saturated heterocycles. The van der Waals surface area contributed by atoms with Crippen molar-refractivity contribution in [3.8, 4) is 0 Å². The molecule has 5 nitrogen and oxygen atoms in total. The van der Waals surface area contributed by atoms with E-state index in [1.807, 2.05) is 6.92 Å². The van der Waals surface area contributed by atoms with E-state index in [4.69, 9.17) is 5.73 Å². The Morgan fingerprint density at radius 3 is 2.24 bits per heavy atom. The number of rotatable bonds is 8. The van der Waals surface area contributed by atoms with Crippen LogP contribution in [0.3, 0.4) is 0 Å². The second-order valence-corrected chi connectivity index (χ2v) is 7.68. The van der Waals surface area contributed by atoms with Gasteiger partial charge in [-0.3, -0.25) is 0 Å². The monoisotopic (exact) mass is 313 g/mol. The van der Waals surface area contributed by atoms with Crippen LogP contribution in [0.1, 0.15) is 20.8 Å². The van der Waals surface area contributed by atoms with Crippen LogP contribution in [0.2, 0.25) is 0 Å². The summed E-state index contributed by atoms with van der Waals surface area (Å²) in [6.07, 6.45) is 0. The molecule has 0 amide bonds. The van der Waals surface area contributed by atoms with Gasteiger partial charge in [-0.1, -0.05) is 32.0 Å². The normalized spacial score (nSPS) is 15.4. The average Bonchev–Trinajstić information content (AvgIpc) is 2.47. The summed E-state index contributed by atoms with van der Waals surface area (Å²) in [7, 11) is -1.84. The Morgan fingerprint density at radius 2 is 1.76 bits per heavy atom. The number of likely N-dealkylation sites (N-methyl/N-ethyl adjacent to an activating group) is 1. The van der Waals surface area contributed by atoms with Crippen LogP contribution in [-0.2, 0) is 10.0 Å². The maximum atomic E-state index is 12.5. The molecule has 2 atom stereocenters. The minimum absolute atomic E-state index is 0.150. The molecular formula is C15H27N3O2S. The summed E-state index contributed by atoms with van der Waals surface area (Å²) in [4.78, 5) is 0.318. The van der Waals surface area contributed by atoms with Crippen molar-refractivity contribution in [2.75, 3.05) is 20.1 Å². The minimum Gasteiger partial charge on any atom is -0.329 e. The Morgan fingerprint density at radius 1 is 1.19 bits per heavy atom. The topological polar surface area (TPSA) is 75.4 Å². The van der Waals surface area contributed by atoms with Crippen molar-refractivity contribution >= 4 is 10.0 Å². The van der Waals surface area contributed by atoms with E-state index < -0.39 is 10.0 Å². The van der Waals surface area contributed by atoms with Gasteiger partial charge in [-0.2, -0.15) is 4.31 Å². The van der Waals surface area contributed by atoms with Crippen molar-refractivity contribution in [2.24, 2.45) is 11.7 Å². The smallest absolute Gasteiger partial charge is 0.243 e. The van der Waals surface area contributed by atoms with Gasteiger partial charge in [0.1, 0.15) is 0 Å². The first-order valence-electron chi connectivity index (χ1n) is 7.27. The van der Waals surface area contributed by atoms with Crippen LogP contribution in [0.5, 0.6) is 0 Å². The minimum atomic E-state index is -3.45. The molecule has 1 rings (SSSR count). The van der Waals surface area contributed by atoms with Crippen molar-refractivity contribution in [3.63, 3.8) is 0 Å². The number of nitrogens with zero attached hydrogens (tertiary/aromatic N) is 1. The zero-order valence-electron chi connectivity index (χ0n) is 13.3. The van der Waals surface area contributed by atoms with Gasteiger partial charge >= 0.3 is 0 Å². The summed E-state index contributed by atoms with van der Waals surface area (Å²) < 4.78 is 26.4. The second-order valence-electron chi connectivity index (χ2n) is 5.68. The number of hydrogen-bond donors (Lipinski definition) is 2. The summed E-state index contributed by atoms with van der Waals surface area (Å²) in [5.74, 6) is 0.415.